The lowest BCUT2D eigenvalue weighted by Gasteiger charge is -2.40. The number of Topliss-reactive ketones (excluding diaryl/α,β-unsaturated/α-hetero) is 1. The normalized spacial score (nSPS) is 14.3. The van der Waals surface area contributed by atoms with Gasteiger partial charge >= 0.3 is 11.9 Å². The van der Waals surface area contributed by atoms with Gasteiger partial charge in [-0.05, 0) is 122 Å². The van der Waals surface area contributed by atoms with Crippen molar-refractivity contribution in [3.63, 3.8) is 0 Å². The second kappa shape index (κ2) is 33.2. The van der Waals surface area contributed by atoms with Crippen molar-refractivity contribution in [3.8, 4) is 0 Å². The molecule has 10 nitrogen and oxygen atoms in total. The lowest BCUT2D eigenvalue weighted by molar-refractivity contribution is -0.141. The quantitative estimate of drug-likeness (QED) is 0.0254. The van der Waals surface area contributed by atoms with E-state index in [9.17, 15) is 19.5 Å². The lowest BCUT2D eigenvalue weighted by Crippen LogP contribution is -2.45. The molecule has 0 fully saturated rings. The van der Waals surface area contributed by atoms with Crippen LogP contribution in [0.5, 0.6) is 0 Å². The fraction of sp³-hybridized carbons (Fsp3) is 0.609. The number of unbranched alkanes of at least 4 members (excludes halogenated alkanes) is 4. The van der Waals surface area contributed by atoms with Gasteiger partial charge in [0.05, 0.1) is 49.6 Å². The Bertz CT molecular complexity index is 2440. The van der Waals surface area contributed by atoms with Crippen LogP contribution in [0, 0.1) is 11.8 Å². The summed E-state index contributed by atoms with van der Waals surface area (Å²) < 4.78 is 23.3. The van der Waals surface area contributed by atoms with Crippen LogP contribution >= 0.6 is 0 Å². The van der Waals surface area contributed by atoms with Crippen LogP contribution in [0.3, 0.4) is 0 Å². The first kappa shape index (κ1) is 69.7. The summed E-state index contributed by atoms with van der Waals surface area (Å²) in [6.45, 7) is 31.2. The van der Waals surface area contributed by atoms with E-state index in [0.29, 0.717) is 25.0 Å². The summed E-state index contributed by atoms with van der Waals surface area (Å²) in [5, 5.41) is 15.2. The van der Waals surface area contributed by atoms with Gasteiger partial charge in [0.2, 0.25) is 0 Å². The van der Waals surface area contributed by atoms with Crippen molar-refractivity contribution in [2.75, 3.05) is 14.2 Å². The molecule has 0 unspecified atom stereocenters. The molecule has 76 heavy (non-hydrogen) atoms. The molecular formula is C64H104N2O8Si2. The van der Waals surface area contributed by atoms with Gasteiger partial charge in [-0.2, -0.15) is 0 Å². The van der Waals surface area contributed by atoms with E-state index >= 15 is 0 Å². The summed E-state index contributed by atoms with van der Waals surface area (Å²) in [7, 11) is -1.15. The van der Waals surface area contributed by atoms with Crippen LogP contribution in [0.1, 0.15) is 208 Å². The first-order chi connectivity index (χ1) is 34.8. The molecule has 5 atom stereocenters. The number of rotatable bonds is 28. The number of aliphatic hydroxyl groups excluding tert-OH is 1. The molecule has 1 N–H and O–H groups in total. The molecule has 0 saturated heterocycles. The number of nitrogens with zero attached hydrogens (tertiary/aromatic N) is 2. The second-order valence-electron chi connectivity index (χ2n) is 23.4. The molecule has 0 spiro atoms. The largest absolute Gasteiger partial charge is 0.469 e. The molecule has 0 saturated carbocycles. The van der Waals surface area contributed by atoms with E-state index in [4.69, 9.17) is 28.3 Å². The van der Waals surface area contributed by atoms with Gasteiger partial charge in [-0.3, -0.25) is 19.4 Å². The summed E-state index contributed by atoms with van der Waals surface area (Å²) in [5.41, 5.74) is 2.95. The molecular weight excluding hydrogens is 981 g/mol. The van der Waals surface area contributed by atoms with Crippen molar-refractivity contribution in [2.24, 2.45) is 11.8 Å². The molecule has 426 valence electrons. The minimum atomic E-state index is -2.01. The summed E-state index contributed by atoms with van der Waals surface area (Å²) in [4.78, 5) is 46.1. The average molecular weight is 1090 g/mol. The number of aliphatic hydroxyl groups is 1. The van der Waals surface area contributed by atoms with Gasteiger partial charge in [-0.25, -0.2) is 4.98 Å². The van der Waals surface area contributed by atoms with E-state index in [-0.39, 0.29) is 66.7 Å². The molecule has 0 bridgehead atoms. The third-order valence-corrected chi connectivity index (χ3v) is 24.2. The van der Waals surface area contributed by atoms with Gasteiger partial charge in [0.1, 0.15) is 5.69 Å². The average Bonchev–Trinajstić information content (AvgIpc) is 3.35. The minimum Gasteiger partial charge on any atom is -0.469 e. The first-order valence-corrected chi connectivity index (χ1v) is 33.5. The molecule has 0 radical (unpaired) electrons. The number of ether oxygens (including phenoxy) is 2. The molecule has 2 aromatic carbocycles. The predicted molar refractivity (Wildman–Crippen MR) is 327 cm³/mol. The zero-order valence-corrected chi connectivity index (χ0v) is 50.6. The van der Waals surface area contributed by atoms with Gasteiger partial charge in [-0.15, -0.1) is 0 Å². The van der Waals surface area contributed by atoms with Crippen molar-refractivity contribution in [2.45, 2.75) is 229 Å². The number of fused-ring (bicyclic) bond motifs is 2. The second-order valence-corrected chi connectivity index (χ2v) is 32.9. The Morgan fingerprint density at radius 2 is 1.01 bits per heavy atom. The van der Waals surface area contributed by atoms with Crippen LogP contribution in [0.25, 0.3) is 33.7 Å². The molecule has 0 aliphatic rings. The summed E-state index contributed by atoms with van der Waals surface area (Å²) in [5.74, 6) is -0.0120. The number of ketones is 1. The van der Waals surface area contributed by atoms with Gasteiger partial charge in [0, 0.05) is 30.0 Å². The van der Waals surface area contributed by atoms with Crippen molar-refractivity contribution >= 4 is 68.1 Å². The maximum absolute atomic E-state index is 13.0. The molecule has 0 amide bonds. The monoisotopic (exact) mass is 1080 g/mol. The maximum atomic E-state index is 13.0. The Hall–Kier alpha value is -4.34. The number of carbonyl (C=O) groups is 3. The maximum Gasteiger partial charge on any atom is 0.305 e. The van der Waals surface area contributed by atoms with Crippen LogP contribution in [0.4, 0.5) is 0 Å². The van der Waals surface area contributed by atoms with Crippen LogP contribution in [0.2, 0.25) is 36.3 Å². The highest BCUT2D eigenvalue weighted by atomic mass is 28.4. The number of hydrogen-bond donors (Lipinski definition) is 1. The van der Waals surface area contributed by atoms with Gasteiger partial charge in [0.15, 0.2) is 22.4 Å². The fourth-order valence-corrected chi connectivity index (χ4v) is 11.2. The van der Waals surface area contributed by atoms with E-state index in [1.807, 2.05) is 54.6 Å². The molecule has 2 heterocycles. The summed E-state index contributed by atoms with van der Waals surface area (Å²) >= 11 is 0. The van der Waals surface area contributed by atoms with Crippen LogP contribution in [-0.2, 0) is 27.9 Å². The Kier molecular flexibility index (Phi) is 30.4. The zero-order valence-electron chi connectivity index (χ0n) is 48.6. The van der Waals surface area contributed by atoms with Crippen molar-refractivity contribution < 1.29 is 37.8 Å². The number of carbonyl (C=O) groups excluding carboxylic acids is 3. The Labute approximate surface area is 463 Å². The van der Waals surface area contributed by atoms with Gasteiger partial charge in [-0.1, -0.05) is 177 Å². The third kappa shape index (κ3) is 22.2. The number of esters is 2. The number of pyridine rings is 2. The van der Waals surface area contributed by atoms with Crippen molar-refractivity contribution in [1.29, 1.82) is 0 Å². The lowest BCUT2D eigenvalue weighted by atomic mass is 9.98. The summed E-state index contributed by atoms with van der Waals surface area (Å²) in [6.07, 6.45) is 19.1. The SMILES string of the molecule is C.C.CCCCCC(=O)c1nc(/C=C/[C@@H](C)[C@H](CCCC(=O)OC)O[Si](C)(C)C(C)(C)C)cc2ccccc12.CCCCC[C@H](O)c1nc(/C=C/[C@@H](C)[C@H](CCCC(=O)OC)O[Si](C)(C)C(C)(C)C)cc2ccccc12. The van der Waals surface area contributed by atoms with Crippen LogP contribution in [0.15, 0.2) is 72.8 Å². The predicted octanol–water partition coefficient (Wildman–Crippen LogP) is 17.9. The number of hydrogen-bond acceptors (Lipinski definition) is 10. The van der Waals surface area contributed by atoms with E-state index in [1.54, 1.807) is 0 Å². The fourth-order valence-electron chi connectivity index (χ4n) is 8.30. The molecule has 0 aliphatic heterocycles. The van der Waals surface area contributed by atoms with Crippen molar-refractivity contribution in [1.82, 2.24) is 9.97 Å². The minimum absolute atomic E-state index is 0. The topological polar surface area (TPSA) is 134 Å². The standard InChI is InChI=1S/C31H49NO4Si.C31H47NO4Si.2CH4/c2*1-9-10-11-17-27(33)30-26-16-13-12-15-24(26)22-25(32-30)21-20-23(2)28(18-14-19-29(34)35-6)36-37(7,8)31(3,4)5;;/h12-13,15-16,20-23,27-28,33H,9-11,14,17-19H2,1-8H3;12-13,15-16,20-23,28H,9-11,14,17-19H2,1-8H3;2*1H4/b2*21-20+;;/t23-,27+,28+;23-,28+;;/m11../s1. The van der Waals surface area contributed by atoms with E-state index in [2.05, 4.69) is 126 Å². The first-order valence-electron chi connectivity index (χ1n) is 27.6. The van der Waals surface area contributed by atoms with Gasteiger partial charge < -0.3 is 23.4 Å². The molecule has 0 aliphatic carbocycles. The third-order valence-electron chi connectivity index (χ3n) is 15.2. The molecule has 4 rings (SSSR count). The van der Waals surface area contributed by atoms with E-state index < -0.39 is 22.7 Å². The number of benzene rings is 2. The zero-order chi connectivity index (χ0) is 55.3. The highest BCUT2D eigenvalue weighted by Crippen LogP contribution is 2.40. The van der Waals surface area contributed by atoms with E-state index in [1.165, 1.54) is 14.2 Å². The van der Waals surface area contributed by atoms with Crippen LogP contribution in [-0.4, -0.2) is 75.9 Å². The highest BCUT2D eigenvalue weighted by Gasteiger charge is 2.41. The molecule has 12 heteroatoms. The van der Waals surface area contributed by atoms with Gasteiger partial charge in [0.25, 0.3) is 0 Å². The number of methoxy groups -OCH3 is 2. The Morgan fingerprint density at radius 1 is 0.592 bits per heavy atom. The highest BCUT2D eigenvalue weighted by molar-refractivity contribution is 6.74. The Morgan fingerprint density at radius 3 is 1.46 bits per heavy atom. The van der Waals surface area contributed by atoms with Crippen LogP contribution < -0.4 is 0 Å². The smallest absolute Gasteiger partial charge is 0.305 e. The van der Waals surface area contributed by atoms with E-state index in [0.717, 1.165) is 109 Å². The Balaban J connectivity index is 0.000000741. The number of aromatic nitrogens is 2. The molecule has 4 aromatic rings. The summed E-state index contributed by atoms with van der Waals surface area (Å²) in [6, 6.07) is 20.3. The molecule has 2 aromatic heterocycles. The van der Waals surface area contributed by atoms with Crippen molar-refractivity contribution in [3.05, 3.63) is 95.6 Å².